The van der Waals surface area contributed by atoms with Gasteiger partial charge in [-0.2, -0.15) is 11.8 Å². The summed E-state index contributed by atoms with van der Waals surface area (Å²) < 4.78 is 11.3. The largest absolute Gasteiger partial charge is 0.486 e. The van der Waals surface area contributed by atoms with Gasteiger partial charge in [0.25, 0.3) is 0 Å². The molecule has 2 aliphatic heterocycles. The third-order valence-corrected chi connectivity index (χ3v) is 5.72. The number of nitrogens with one attached hydrogen (secondary N) is 1. The maximum atomic E-state index is 5.69. The normalized spacial score (nSPS) is 21.8. The van der Waals surface area contributed by atoms with E-state index in [2.05, 4.69) is 35.5 Å². The van der Waals surface area contributed by atoms with Gasteiger partial charge >= 0.3 is 0 Å². The Hall–Kier alpha value is -0.520. The summed E-state index contributed by atoms with van der Waals surface area (Å²) >= 11 is 3.83. The lowest BCUT2D eigenvalue weighted by Gasteiger charge is -2.24. The highest BCUT2D eigenvalue weighted by molar-refractivity contribution is 7.99. The summed E-state index contributed by atoms with van der Waals surface area (Å²) in [7, 11) is 0. The molecule has 20 heavy (non-hydrogen) atoms. The van der Waals surface area contributed by atoms with Gasteiger partial charge in [0.15, 0.2) is 11.5 Å². The maximum absolute atomic E-state index is 5.69. The van der Waals surface area contributed by atoms with E-state index in [4.69, 9.17) is 9.47 Å². The topological polar surface area (TPSA) is 30.5 Å². The lowest BCUT2D eigenvalue weighted by atomic mass is 10.1. The van der Waals surface area contributed by atoms with Crippen molar-refractivity contribution in [3.05, 3.63) is 17.7 Å². The van der Waals surface area contributed by atoms with E-state index in [0.717, 1.165) is 18.0 Å². The zero-order valence-corrected chi connectivity index (χ0v) is 13.4. The zero-order valence-electron chi connectivity index (χ0n) is 11.8. The van der Waals surface area contributed by atoms with Crippen LogP contribution in [-0.4, -0.2) is 37.0 Å². The van der Waals surface area contributed by atoms with Crippen molar-refractivity contribution < 1.29 is 9.47 Å². The van der Waals surface area contributed by atoms with Gasteiger partial charge in [-0.1, -0.05) is 0 Å². The second kappa shape index (κ2) is 6.96. The Kier molecular flexibility index (Phi) is 5.02. The van der Waals surface area contributed by atoms with Crippen molar-refractivity contribution in [2.75, 3.05) is 31.0 Å². The minimum absolute atomic E-state index is 0.650. The highest BCUT2D eigenvalue weighted by atomic mass is 32.2. The summed E-state index contributed by atoms with van der Waals surface area (Å²) in [6.07, 6.45) is 4.75. The van der Waals surface area contributed by atoms with Crippen LogP contribution in [0.4, 0.5) is 0 Å². The maximum Gasteiger partial charge on any atom is 0.162 e. The molecule has 0 spiro atoms. The fraction of sp³-hybridized carbons (Fsp3) is 0.600. The molecule has 0 bridgehead atoms. The van der Waals surface area contributed by atoms with E-state index in [-0.39, 0.29) is 0 Å². The van der Waals surface area contributed by atoms with Crippen LogP contribution in [0, 0.1) is 0 Å². The Morgan fingerprint density at radius 2 is 2.10 bits per heavy atom. The molecule has 0 aliphatic carbocycles. The molecule has 3 nitrogen and oxygen atoms in total. The first-order chi connectivity index (χ1) is 9.86. The first-order valence-electron chi connectivity index (χ1n) is 7.14. The number of hydrogen-bond acceptors (Lipinski definition) is 5. The predicted molar refractivity (Wildman–Crippen MR) is 86.4 cm³/mol. The molecule has 1 fully saturated rings. The molecule has 1 aromatic carbocycles. The minimum Gasteiger partial charge on any atom is -0.486 e. The lowest BCUT2D eigenvalue weighted by molar-refractivity contribution is 0.171. The molecule has 0 radical (unpaired) electrons. The average molecular weight is 311 g/mol. The van der Waals surface area contributed by atoms with Gasteiger partial charge in [0, 0.05) is 23.2 Å². The number of fused-ring (bicyclic) bond motifs is 1. The lowest BCUT2D eigenvalue weighted by Crippen LogP contribution is -2.33. The van der Waals surface area contributed by atoms with Crippen molar-refractivity contribution in [1.29, 1.82) is 0 Å². The Morgan fingerprint density at radius 3 is 2.80 bits per heavy atom. The van der Waals surface area contributed by atoms with Crippen molar-refractivity contribution in [1.82, 2.24) is 5.32 Å². The van der Waals surface area contributed by atoms with Crippen LogP contribution < -0.4 is 14.8 Å². The molecule has 1 saturated heterocycles. The smallest absolute Gasteiger partial charge is 0.162 e. The Morgan fingerprint density at radius 1 is 1.30 bits per heavy atom. The van der Waals surface area contributed by atoms with Crippen molar-refractivity contribution >= 4 is 23.5 Å². The summed E-state index contributed by atoms with van der Waals surface area (Å²) in [6, 6.07) is 4.91. The van der Waals surface area contributed by atoms with E-state index in [0.29, 0.717) is 19.3 Å². The van der Waals surface area contributed by atoms with Crippen LogP contribution in [-0.2, 0) is 6.54 Å². The van der Waals surface area contributed by atoms with Gasteiger partial charge in [0.05, 0.1) is 0 Å². The Bertz CT molecular complexity index is 461. The molecule has 2 heterocycles. The van der Waals surface area contributed by atoms with Crippen LogP contribution in [0.3, 0.4) is 0 Å². The average Bonchev–Trinajstić information content (AvgIpc) is 2.53. The van der Waals surface area contributed by atoms with Gasteiger partial charge in [-0.15, -0.1) is 11.8 Å². The minimum atomic E-state index is 0.650. The van der Waals surface area contributed by atoms with Crippen LogP contribution in [0.1, 0.15) is 18.4 Å². The van der Waals surface area contributed by atoms with E-state index in [9.17, 15) is 0 Å². The summed E-state index contributed by atoms with van der Waals surface area (Å²) in [5.74, 6) is 4.33. The molecule has 5 heteroatoms. The first-order valence-corrected chi connectivity index (χ1v) is 9.52. The van der Waals surface area contributed by atoms with E-state index in [1.54, 1.807) is 11.8 Å². The third-order valence-electron chi connectivity index (χ3n) is 3.69. The number of ether oxygens (including phenoxy) is 2. The number of rotatable bonds is 4. The quantitative estimate of drug-likeness (QED) is 0.863. The highest BCUT2D eigenvalue weighted by Crippen LogP contribution is 2.36. The van der Waals surface area contributed by atoms with Crippen LogP contribution in [0.5, 0.6) is 11.5 Å². The molecule has 110 valence electrons. The van der Waals surface area contributed by atoms with Crippen LogP contribution in [0.25, 0.3) is 0 Å². The summed E-state index contributed by atoms with van der Waals surface area (Å²) in [5, 5.41) is 3.69. The molecule has 1 atom stereocenters. The molecule has 0 saturated carbocycles. The molecule has 0 aromatic heterocycles. The molecule has 1 aromatic rings. The zero-order chi connectivity index (χ0) is 13.8. The number of hydrogen-bond donors (Lipinski definition) is 1. The van der Waals surface area contributed by atoms with Crippen LogP contribution in [0.15, 0.2) is 17.0 Å². The second-order valence-corrected chi connectivity index (χ2v) is 7.10. The third kappa shape index (κ3) is 3.38. The SMILES string of the molecule is CSc1cc2c(cc1CNC1CCCSC1)OCCO2. The fourth-order valence-corrected chi connectivity index (χ4v) is 4.32. The van der Waals surface area contributed by atoms with E-state index < -0.39 is 0 Å². The standard InChI is InChI=1S/C15H21NO2S2/c1-19-15-8-14-13(17-4-5-18-14)7-11(15)9-16-12-3-2-6-20-10-12/h7-8,12,16H,2-6,9-10H2,1H3. The molecule has 0 amide bonds. The Labute approximate surface area is 129 Å². The van der Waals surface area contributed by atoms with Gasteiger partial charge in [-0.25, -0.2) is 0 Å². The van der Waals surface area contributed by atoms with Crippen molar-refractivity contribution in [2.45, 2.75) is 30.3 Å². The summed E-state index contributed by atoms with van der Waals surface area (Å²) in [6.45, 7) is 2.22. The predicted octanol–water partition coefficient (Wildman–Crippen LogP) is 3.16. The monoisotopic (exact) mass is 311 g/mol. The van der Waals surface area contributed by atoms with Gasteiger partial charge in [0.2, 0.25) is 0 Å². The van der Waals surface area contributed by atoms with E-state index >= 15 is 0 Å². The first kappa shape index (κ1) is 14.4. The fourth-order valence-electron chi connectivity index (χ4n) is 2.60. The number of thioether (sulfide) groups is 2. The van der Waals surface area contributed by atoms with Gasteiger partial charge < -0.3 is 14.8 Å². The number of benzene rings is 1. The molecule has 1 unspecified atom stereocenters. The molecule has 2 aliphatic rings. The van der Waals surface area contributed by atoms with Gasteiger partial charge in [-0.3, -0.25) is 0 Å². The van der Waals surface area contributed by atoms with Gasteiger partial charge in [-0.05, 0) is 42.5 Å². The summed E-state index contributed by atoms with van der Waals surface area (Å²) in [4.78, 5) is 1.28. The van der Waals surface area contributed by atoms with Crippen molar-refractivity contribution in [2.24, 2.45) is 0 Å². The van der Waals surface area contributed by atoms with Crippen LogP contribution >= 0.6 is 23.5 Å². The molecular formula is C15H21NO2S2. The second-order valence-electron chi connectivity index (χ2n) is 5.10. The van der Waals surface area contributed by atoms with Crippen LogP contribution in [0.2, 0.25) is 0 Å². The summed E-state index contributed by atoms with van der Waals surface area (Å²) in [5.41, 5.74) is 1.32. The van der Waals surface area contributed by atoms with E-state index in [1.165, 1.54) is 34.8 Å². The highest BCUT2D eigenvalue weighted by Gasteiger charge is 2.17. The molecule has 1 N–H and O–H groups in total. The molecular weight excluding hydrogens is 290 g/mol. The van der Waals surface area contributed by atoms with E-state index in [1.807, 2.05) is 0 Å². The van der Waals surface area contributed by atoms with Gasteiger partial charge in [0.1, 0.15) is 13.2 Å². The van der Waals surface area contributed by atoms with Crippen molar-refractivity contribution in [3.8, 4) is 11.5 Å². The Balaban J connectivity index is 1.70. The van der Waals surface area contributed by atoms with Crippen molar-refractivity contribution in [3.63, 3.8) is 0 Å². The molecule has 3 rings (SSSR count).